The van der Waals surface area contributed by atoms with Crippen molar-refractivity contribution >= 4 is 11.9 Å². The highest BCUT2D eigenvalue weighted by Gasteiger charge is 2.38. The van der Waals surface area contributed by atoms with Crippen LogP contribution in [-0.2, 0) is 26.2 Å². The van der Waals surface area contributed by atoms with Crippen LogP contribution in [0.3, 0.4) is 0 Å². The Labute approximate surface area is 211 Å². The van der Waals surface area contributed by atoms with E-state index in [1.54, 1.807) is 0 Å². The Kier molecular flexibility index (Phi) is 8.79. The van der Waals surface area contributed by atoms with Crippen LogP contribution >= 0.6 is 0 Å². The maximum absolute atomic E-state index is 13.0. The Bertz CT molecular complexity index is 1060. The minimum Gasteiger partial charge on any atom is -0.465 e. The first-order valence-electron chi connectivity index (χ1n) is 13.2. The van der Waals surface area contributed by atoms with Gasteiger partial charge < -0.3 is 9.47 Å². The quantitative estimate of drug-likeness (QED) is 0.265. The molecule has 0 bridgehead atoms. The highest BCUT2D eigenvalue weighted by atomic mass is 16.5. The molecule has 0 saturated carbocycles. The SMILES string of the molecule is CCCCC(CC)COC(=O)CCc1cc2c(c(C(C)(C)C)c1)OC(=O)C2c1ccc(C)c(C)c1. The fraction of sp³-hybridized carbons (Fsp3) is 0.548. The highest BCUT2D eigenvalue weighted by molar-refractivity contribution is 5.90. The summed E-state index contributed by atoms with van der Waals surface area (Å²) in [6, 6.07) is 10.3. The zero-order chi connectivity index (χ0) is 25.8. The van der Waals surface area contributed by atoms with Crippen molar-refractivity contribution < 1.29 is 19.1 Å². The van der Waals surface area contributed by atoms with Crippen LogP contribution in [0.2, 0.25) is 0 Å². The van der Waals surface area contributed by atoms with Crippen LogP contribution in [0.4, 0.5) is 0 Å². The summed E-state index contributed by atoms with van der Waals surface area (Å²) < 4.78 is 11.5. The van der Waals surface area contributed by atoms with E-state index in [0.29, 0.717) is 31.1 Å². The lowest BCUT2D eigenvalue weighted by atomic mass is 9.81. The number of carbonyl (C=O) groups is 2. The molecule has 0 N–H and O–H groups in total. The van der Waals surface area contributed by atoms with Crippen LogP contribution in [0.25, 0.3) is 0 Å². The number of fused-ring (bicyclic) bond motifs is 1. The normalized spacial score (nSPS) is 16.1. The number of esters is 2. The number of ether oxygens (including phenoxy) is 2. The number of carbonyl (C=O) groups excluding carboxylic acids is 2. The van der Waals surface area contributed by atoms with Crippen molar-refractivity contribution in [2.75, 3.05) is 6.61 Å². The van der Waals surface area contributed by atoms with E-state index in [1.165, 1.54) is 12.0 Å². The van der Waals surface area contributed by atoms with Gasteiger partial charge in [-0.25, -0.2) is 0 Å². The number of benzene rings is 2. The maximum Gasteiger partial charge on any atom is 0.323 e. The van der Waals surface area contributed by atoms with E-state index in [2.05, 4.69) is 72.7 Å². The van der Waals surface area contributed by atoms with Gasteiger partial charge in [0.2, 0.25) is 0 Å². The molecular weight excluding hydrogens is 436 g/mol. The molecule has 4 heteroatoms. The average Bonchev–Trinajstić information content (AvgIpc) is 3.13. The second kappa shape index (κ2) is 11.4. The smallest absolute Gasteiger partial charge is 0.323 e. The Morgan fingerprint density at radius 1 is 1.09 bits per heavy atom. The number of rotatable bonds is 10. The van der Waals surface area contributed by atoms with Gasteiger partial charge in [0.25, 0.3) is 0 Å². The molecule has 0 saturated heterocycles. The average molecular weight is 479 g/mol. The van der Waals surface area contributed by atoms with Crippen LogP contribution in [0, 0.1) is 19.8 Å². The molecule has 2 aromatic rings. The van der Waals surface area contributed by atoms with Gasteiger partial charge in [0.05, 0.1) is 6.61 Å². The molecule has 1 heterocycles. The molecule has 0 aliphatic carbocycles. The zero-order valence-electron chi connectivity index (χ0n) is 22.6. The van der Waals surface area contributed by atoms with Crippen LogP contribution in [-0.4, -0.2) is 18.5 Å². The van der Waals surface area contributed by atoms with Crippen molar-refractivity contribution in [1.29, 1.82) is 0 Å². The number of hydrogen-bond donors (Lipinski definition) is 0. The largest absolute Gasteiger partial charge is 0.465 e. The molecule has 1 aliphatic heterocycles. The highest BCUT2D eigenvalue weighted by Crippen LogP contribution is 2.46. The van der Waals surface area contributed by atoms with E-state index in [9.17, 15) is 9.59 Å². The summed E-state index contributed by atoms with van der Waals surface area (Å²) in [7, 11) is 0. The Balaban J connectivity index is 1.82. The monoisotopic (exact) mass is 478 g/mol. The van der Waals surface area contributed by atoms with Gasteiger partial charge in [0.15, 0.2) is 0 Å². The molecule has 35 heavy (non-hydrogen) atoms. The summed E-state index contributed by atoms with van der Waals surface area (Å²) in [5.41, 5.74) is 6.04. The molecule has 2 aromatic carbocycles. The Hall–Kier alpha value is -2.62. The van der Waals surface area contributed by atoms with Crippen molar-refractivity contribution in [3.63, 3.8) is 0 Å². The third-order valence-corrected chi connectivity index (χ3v) is 7.24. The van der Waals surface area contributed by atoms with Crippen LogP contribution in [0.1, 0.15) is 106 Å². The lowest BCUT2D eigenvalue weighted by molar-refractivity contribution is -0.145. The Morgan fingerprint density at radius 2 is 1.83 bits per heavy atom. The molecule has 2 atom stereocenters. The van der Waals surface area contributed by atoms with Crippen molar-refractivity contribution in [3.8, 4) is 5.75 Å². The van der Waals surface area contributed by atoms with E-state index in [-0.39, 0.29) is 17.4 Å². The maximum atomic E-state index is 13.0. The molecule has 190 valence electrons. The molecule has 0 amide bonds. The van der Waals surface area contributed by atoms with E-state index < -0.39 is 5.92 Å². The van der Waals surface area contributed by atoms with Crippen molar-refractivity contribution in [1.82, 2.24) is 0 Å². The first-order chi connectivity index (χ1) is 16.5. The Morgan fingerprint density at radius 3 is 2.46 bits per heavy atom. The summed E-state index contributed by atoms with van der Waals surface area (Å²) in [6.07, 6.45) is 5.37. The predicted octanol–water partition coefficient (Wildman–Crippen LogP) is 7.34. The molecule has 2 unspecified atom stereocenters. The minimum atomic E-state index is -0.443. The molecule has 1 aliphatic rings. The van der Waals surface area contributed by atoms with Gasteiger partial charge in [-0.2, -0.15) is 0 Å². The summed E-state index contributed by atoms with van der Waals surface area (Å²) >= 11 is 0. The second-order valence-corrected chi connectivity index (χ2v) is 11.1. The molecular formula is C31H42O4. The summed E-state index contributed by atoms with van der Waals surface area (Å²) in [5.74, 6) is 0.284. The van der Waals surface area contributed by atoms with E-state index in [4.69, 9.17) is 9.47 Å². The minimum absolute atomic E-state index is 0.157. The molecule has 4 nitrogen and oxygen atoms in total. The van der Waals surface area contributed by atoms with Gasteiger partial charge in [0, 0.05) is 17.5 Å². The lowest BCUT2D eigenvalue weighted by Gasteiger charge is -2.23. The zero-order valence-corrected chi connectivity index (χ0v) is 22.6. The molecule has 3 rings (SSSR count). The van der Waals surface area contributed by atoms with E-state index >= 15 is 0 Å². The fourth-order valence-electron chi connectivity index (χ4n) is 4.72. The summed E-state index contributed by atoms with van der Waals surface area (Å²) in [5, 5.41) is 0. The standard InChI is InChI=1S/C31H42O4/c1-8-10-11-22(9-2)19-34-27(32)15-13-23-17-25-28(24-14-12-20(3)21(4)16-24)30(33)35-29(25)26(18-23)31(5,6)7/h12,14,16-18,22,28H,8-11,13,15,19H2,1-7H3. The summed E-state index contributed by atoms with van der Waals surface area (Å²) in [6.45, 7) is 15.4. The number of aryl methyl sites for hydroxylation is 3. The molecule has 0 aromatic heterocycles. The van der Waals surface area contributed by atoms with Gasteiger partial charge >= 0.3 is 11.9 Å². The van der Waals surface area contributed by atoms with Gasteiger partial charge in [-0.1, -0.05) is 84.2 Å². The first kappa shape index (κ1) is 27.0. The van der Waals surface area contributed by atoms with Gasteiger partial charge in [-0.05, 0) is 60.3 Å². The first-order valence-corrected chi connectivity index (χ1v) is 13.2. The van der Waals surface area contributed by atoms with Gasteiger partial charge in [-0.15, -0.1) is 0 Å². The topological polar surface area (TPSA) is 52.6 Å². The fourth-order valence-corrected chi connectivity index (χ4v) is 4.72. The second-order valence-electron chi connectivity index (χ2n) is 11.1. The third kappa shape index (κ3) is 6.54. The number of hydrogen-bond acceptors (Lipinski definition) is 4. The van der Waals surface area contributed by atoms with Crippen LogP contribution in [0.5, 0.6) is 5.75 Å². The third-order valence-electron chi connectivity index (χ3n) is 7.24. The van der Waals surface area contributed by atoms with Gasteiger partial charge in [-0.3, -0.25) is 9.59 Å². The molecule has 0 spiro atoms. The van der Waals surface area contributed by atoms with Crippen molar-refractivity contribution in [3.05, 3.63) is 63.7 Å². The van der Waals surface area contributed by atoms with Crippen molar-refractivity contribution in [2.45, 2.75) is 98.3 Å². The van der Waals surface area contributed by atoms with Crippen LogP contribution < -0.4 is 4.74 Å². The number of unbranched alkanes of at least 4 members (excludes halogenated alkanes) is 1. The van der Waals surface area contributed by atoms with Gasteiger partial charge in [0.1, 0.15) is 11.7 Å². The van der Waals surface area contributed by atoms with Crippen LogP contribution in [0.15, 0.2) is 30.3 Å². The summed E-state index contributed by atoms with van der Waals surface area (Å²) in [4.78, 5) is 25.6. The van der Waals surface area contributed by atoms with E-state index in [0.717, 1.165) is 47.1 Å². The lowest BCUT2D eigenvalue weighted by Crippen LogP contribution is -2.15. The van der Waals surface area contributed by atoms with Crippen molar-refractivity contribution in [2.24, 2.45) is 5.92 Å². The van der Waals surface area contributed by atoms with E-state index in [1.807, 2.05) is 6.07 Å². The molecule has 0 radical (unpaired) electrons. The predicted molar refractivity (Wildman–Crippen MR) is 141 cm³/mol. The molecule has 0 fully saturated rings.